The Hall–Kier alpha value is -2.39. The molecule has 0 aliphatic carbocycles. The lowest BCUT2D eigenvalue weighted by Crippen LogP contribution is -2.30. The number of nitrogens with one attached hydrogen (secondary N) is 3. The predicted molar refractivity (Wildman–Crippen MR) is 117 cm³/mol. The molecule has 0 bridgehead atoms. The fourth-order valence-corrected chi connectivity index (χ4v) is 2.24. The van der Waals surface area contributed by atoms with E-state index in [4.69, 9.17) is 9.47 Å². The van der Waals surface area contributed by atoms with E-state index in [0.29, 0.717) is 30.3 Å². The van der Waals surface area contributed by atoms with Crippen molar-refractivity contribution in [2.75, 3.05) is 39.2 Å². The van der Waals surface area contributed by atoms with E-state index in [-0.39, 0.29) is 48.9 Å². The van der Waals surface area contributed by atoms with Gasteiger partial charge in [0.25, 0.3) is 5.91 Å². The van der Waals surface area contributed by atoms with Crippen LogP contribution in [0.3, 0.4) is 0 Å². The first-order chi connectivity index (χ1) is 13.0. The molecular weight excluding hydrogens is 419 g/mol. The second kappa shape index (κ2) is 13.7. The molecule has 3 N–H and O–H groups in total. The van der Waals surface area contributed by atoms with Crippen molar-refractivity contribution in [2.45, 2.75) is 6.92 Å². The highest BCUT2D eigenvalue weighted by molar-refractivity contribution is 5.94. The van der Waals surface area contributed by atoms with E-state index >= 15 is 0 Å². The van der Waals surface area contributed by atoms with Crippen LogP contribution in [0.4, 0.5) is 5.69 Å². The number of benzene rings is 1. The maximum Gasteiger partial charge on any atom is 0.269 e. The SMILES string of the molecule is CNC(=O)c1cc(Oc2cc(C)ccc2NC(=O)CNCCOC)ccn1.Cl.Cl. The van der Waals surface area contributed by atoms with Gasteiger partial charge in [0.2, 0.25) is 5.91 Å². The van der Waals surface area contributed by atoms with Gasteiger partial charge in [-0.1, -0.05) is 6.07 Å². The second-order valence-corrected chi connectivity index (χ2v) is 5.78. The fourth-order valence-electron chi connectivity index (χ4n) is 2.24. The summed E-state index contributed by atoms with van der Waals surface area (Å²) in [6.45, 7) is 3.20. The molecule has 160 valence electrons. The summed E-state index contributed by atoms with van der Waals surface area (Å²) in [5.74, 6) is 0.429. The van der Waals surface area contributed by atoms with Gasteiger partial charge in [-0.3, -0.25) is 14.6 Å². The molecule has 2 rings (SSSR count). The van der Waals surface area contributed by atoms with Crippen LogP contribution in [0.25, 0.3) is 0 Å². The molecule has 1 aromatic carbocycles. The molecule has 0 fully saturated rings. The number of ether oxygens (including phenoxy) is 2. The summed E-state index contributed by atoms with van der Waals surface area (Å²) in [5.41, 5.74) is 1.76. The zero-order valence-corrected chi connectivity index (χ0v) is 18.1. The molecule has 10 heteroatoms. The van der Waals surface area contributed by atoms with E-state index in [1.807, 2.05) is 19.1 Å². The van der Waals surface area contributed by atoms with Crippen molar-refractivity contribution in [1.82, 2.24) is 15.6 Å². The zero-order chi connectivity index (χ0) is 19.6. The van der Waals surface area contributed by atoms with Crippen molar-refractivity contribution < 1.29 is 19.1 Å². The molecular formula is C19H26Cl2N4O4. The number of carbonyl (C=O) groups is 2. The van der Waals surface area contributed by atoms with Gasteiger partial charge in [0.05, 0.1) is 18.8 Å². The number of amides is 2. The van der Waals surface area contributed by atoms with Crippen LogP contribution in [-0.4, -0.2) is 50.7 Å². The van der Waals surface area contributed by atoms with Crippen LogP contribution >= 0.6 is 24.8 Å². The van der Waals surface area contributed by atoms with Crippen molar-refractivity contribution in [1.29, 1.82) is 0 Å². The molecule has 0 saturated carbocycles. The number of aromatic nitrogens is 1. The summed E-state index contributed by atoms with van der Waals surface area (Å²) >= 11 is 0. The van der Waals surface area contributed by atoms with Crippen molar-refractivity contribution in [3.63, 3.8) is 0 Å². The van der Waals surface area contributed by atoms with Gasteiger partial charge in [-0.2, -0.15) is 0 Å². The number of carbonyl (C=O) groups excluding carboxylic acids is 2. The van der Waals surface area contributed by atoms with Gasteiger partial charge in [0.15, 0.2) is 5.75 Å². The van der Waals surface area contributed by atoms with Gasteiger partial charge in [-0.15, -0.1) is 24.8 Å². The lowest BCUT2D eigenvalue weighted by molar-refractivity contribution is -0.115. The van der Waals surface area contributed by atoms with E-state index < -0.39 is 0 Å². The average molecular weight is 445 g/mol. The first-order valence-electron chi connectivity index (χ1n) is 8.49. The quantitative estimate of drug-likeness (QED) is 0.513. The number of methoxy groups -OCH3 is 1. The third-order valence-corrected chi connectivity index (χ3v) is 3.60. The summed E-state index contributed by atoms with van der Waals surface area (Å²) in [4.78, 5) is 27.9. The Bertz CT molecular complexity index is 806. The minimum absolute atomic E-state index is 0. The molecule has 1 aromatic heterocycles. The summed E-state index contributed by atoms with van der Waals surface area (Å²) in [5, 5.41) is 8.32. The number of halogens is 2. The molecule has 0 aliphatic rings. The van der Waals surface area contributed by atoms with E-state index in [0.717, 1.165) is 5.56 Å². The van der Waals surface area contributed by atoms with Gasteiger partial charge in [0, 0.05) is 33.0 Å². The summed E-state index contributed by atoms with van der Waals surface area (Å²) in [7, 11) is 3.14. The maximum atomic E-state index is 12.1. The van der Waals surface area contributed by atoms with Crippen molar-refractivity contribution >= 4 is 42.3 Å². The molecule has 8 nitrogen and oxygen atoms in total. The molecule has 0 radical (unpaired) electrons. The van der Waals surface area contributed by atoms with Crippen LogP contribution < -0.4 is 20.7 Å². The highest BCUT2D eigenvalue weighted by Gasteiger charge is 2.11. The Balaban J connectivity index is 0.00000392. The first-order valence-corrected chi connectivity index (χ1v) is 8.49. The standard InChI is InChI=1S/C19H24N4O4.2ClH/c1-13-4-5-15(23-18(24)12-21-8-9-26-3)17(10-13)27-14-6-7-22-16(11-14)19(25)20-2;;/h4-7,10-11,21H,8-9,12H2,1-3H3,(H,20,25)(H,23,24);2*1H. The molecule has 0 saturated heterocycles. The Labute approximate surface area is 182 Å². The van der Waals surface area contributed by atoms with E-state index in [9.17, 15) is 9.59 Å². The van der Waals surface area contributed by atoms with Crippen LogP contribution in [0.15, 0.2) is 36.5 Å². The van der Waals surface area contributed by atoms with Crippen molar-refractivity contribution in [3.8, 4) is 11.5 Å². The molecule has 1 heterocycles. The highest BCUT2D eigenvalue weighted by Crippen LogP contribution is 2.30. The van der Waals surface area contributed by atoms with E-state index in [2.05, 4.69) is 20.9 Å². The Kier molecular flexibility index (Phi) is 12.6. The fraction of sp³-hybridized carbons (Fsp3) is 0.316. The Morgan fingerprint density at radius 3 is 2.59 bits per heavy atom. The third-order valence-electron chi connectivity index (χ3n) is 3.60. The number of anilines is 1. The van der Waals surface area contributed by atoms with Crippen LogP contribution in [0.1, 0.15) is 16.1 Å². The largest absolute Gasteiger partial charge is 0.455 e. The summed E-state index contributed by atoms with van der Waals surface area (Å²) < 4.78 is 10.8. The van der Waals surface area contributed by atoms with Crippen LogP contribution in [0.5, 0.6) is 11.5 Å². The number of nitrogens with zero attached hydrogens (tertiary/aromatic N) is 1. The van der Waals surface area contributed by atoms with E-state index in [1.165, 1.54) is 13.2 Å². The highest BCUT2D eigenvalue weighted by atomic mass is 35.5. The minimum atomic E-state index is -0.305. The van der Waals surface area contributed by atoms with Crippen molar-refractivity contribution in [2.24, 2.45) is 0 Å². The average Bonchev–Trinajstić information content (AvgIpc) is 2.67. The monoisotopic (exact) mass is 444 g/mol. The molecule has 2 aromatic rings. The number of aryl methyl sites for hydroxylation is 1. The van der Waals surface area contributed by atoms with Crippen LogP contribution in [-0.2, 0) is 9.53 Å². The van der Waals surface area contributed by atoms with Gasteiger partial charge in [-0.05, 0) is 30.7 Å². The first kappa shape index (κ1) is 26.6. The molecule has 0 spiro atoms. The predicted octanol–water partition coefficient (Wildman–Crippen LogP) is 2.56. The molecule has 0 atom stereocenters. The third kappa shape index (κ3) is 8.66. The summed E-state index contributed by atoms with van der Waals surface area (Å²) in [6, 6.07) is 8.65. The molecule has 2 amide bonds. The van der Waals surface area contributed by atoms with Gasteiger partial charge in [0.1, 0.15) is 11.4 Å². The van der Waals surface area contributed by atoms with Crippen molar-refractivity contribution in [3.05, 3.63) is 47.8 Å². The number of pyridine rings is 1. The topological polar surface area (TPSA) is 102 Å². The lowest BCUT2D eigenvalue weighted by Gasteiger charge is -2.14. The normalized spacial score (nSPS) is 9.62. The van der Waals surface area contributed by atoms with Gasteiger partial charge >= 0.3 is 0 Å². The Morgan fingerprint density at radius 1 is 1.14 bits per heavy atom. The lowest BCUT2D eigenvalue weighted by atomic mass is 10.2. The number of hydrogen-bond acceptors (Lipinski definition) is 6. The summed E-state index contributed by atoms with van der Waals surface area (Å²) in [6.07, 6.45) is 1.49. The Morgan fingerprint density at radius 2 is 1.90 bits per heavy atom. The van der Waals surface area contributed by atoms with Crippen LogP contribution in [0, 0.1) is 6.92 Å². The smallest absolute Gasteiger partial charge is 0.269 e. The van der Waals surface area contributed by atoms with E-state index in [1.54, 1.807) is 25.3 Å². The minimum Gasteiger partial charge on any atom is -0.455 e. The van der Waals surface area contributed by atoms with Gasteiger partial charge in [-0.25, -0.2) is 0 Å². The molecule has 0 aliphatic heterocycles. The van der Waals surface area contributed by atoms with Gasteiger partial charge < -0.3 is 25.4 Å². The second-order valence-electron chi connectivity index (χ2n) is 5.78. The zero-order valence-electron chi connectivity index (χ0n) is 16.5. The number of rotatable bonds is 9. The van der Waals surface area contributed by atoms with Crippen LogP contribution in [0.2, 0.25) is 0 Å². The molecule has 29 heavy (non-hydrogen) atoms. The maximum absolute atomic E-state index is 12.1. The number of hydrogen-bond donors (Lipinski definition) is 3. The molecule has 0 unspecified atom stereocenters.